The fourth-order valence-electron chi connectivity index (χ4n) is 1.11. The smallest absolute Gasteiger partial charge is 0.297 e. The summed E-state index contributed by atoms with van der Waals surface area (Å²) in [6.45, 7) is 2.14. The summed E-state index contributed by atoms with van der Waals surface area (Å²) in [4.78, 5) is 16.1. The van der Waals surface area contributed by atoms with Crippen LogP contribution < -0.4 is 5.48 Å². The highest BCUT2D eigenvalue weighted by Crippen LogP contribution is 2.20. The standard InChI is InChI=1S/C10H10N2O4/c1-2-15-12-10(13)7-6-9(16-11-7)8-4-3-5-14-8/h3-6H,2H2,1H3,(H,12,13). The molecule has 16 heavy (non-hydrogen) atoms. The average Bonchev–Trinajstić information content (AvgIpc) is 2.94. The first-order valence-electron chi connectivity index (χ1n) is 4.74. The number of carbonyl (C=O) groups excluding carboxylic acids is 1. The Morgan fingerprint density at radius 3 is 3.12 bits per heavy atom. The minimum atomic E-state index is -0.455. The number of nitrogens with one attached hydrogen (secondary N) is 1. The van der Waals surface area contributed by atoms with Crippen molar-refractivity contribution in [2.45, 2.75) is 6.92 Å². The molecule has 0 aliphatic carbocycles. The van der Waals surface area contributed by atoms with Crippen molar-refractivity contribution in [3.8, 4) is 11.5 Å². The van der Waals surface area contributed by atoms with Crippen molar-refractivity contribution in [1.29, 1.82) is 0 Å². The van der Waals surface area contributed by atoms with E-state index in [-0.39, 0.29) is 5.69 Å². The van der Waals surface area contributed by atoms with Gasteiger partial charge < -0.3 is 8.94 Å². The number of hydrogen-bond acceptors (Lipinski definition) is 5. The Morgan fingerprint density at radius 2 is 2.44 bits per heavy atom. The first kappa shape index (κ1) is 10.4. The lowest BCUT2D eigenvalue weighted by atomic mass is 10.3. The molecule has 2 aromatic heterocycles. The highest BCUT2D eigenvalue weighted by molar-refractivity contribution is 5.92. The van der Waals surface area contributed by atoms with Crippen LogP contribution in [-0.4, -0.2) is 17.7 Å². The van der Waals surface area contributed by atoms with E-state index in [0.717, 1.165) is 0 Å². The summed E-state index contributed by atoms with van der Waals surface area (Å²) >= 11 is 0. The van der Waals surface area contributed by atoms with E-state index in [2.05, 4.69) is 10.6 Å². The van der Waals surface area contributed by atoms with Crippen LogP contribution in [0, 0.1) is 0 Å². The third kappa shape index (κ3) is 2.12. The average molecular weight is 222 g/mol. The molecule has 2 rings (SSSR count). The van der Waals surface area contributed by atoms with Gasteiger partial charge in [-0.05, 0) is 19.1 Å². The van der Waals surface area contributed by atoms with Crippen molar-refractivity contribution in [2.24, 2.45) is 0 Å². The normalized spacial score (nSPS) is 10.3. The molecule has 0 atom stereocenters. The predicted molar refractivity (Wildman–Crippen MR) is 53.3 cm³/mol. The van der Waals surface area contributed by atoms with Crippen molar-refractivity contribution >= 4 is 5.91 Å². The maximum absolute atomic E-state index is 11.4. The molecule has 0 aliphatic heterocycles. The number of furan rings is 1. The van der Waals surface area contributed by atoms with Crippen LogP contribution in [0.2, 0.25) is 0 Å². The van der Waals surface area contributed by atoms with Crippen molar-refractivity contribution in [1.82, 2.24) is 10.6 Å². The molecule has 84 valence electrons. The minimum Gasteiger partial charge on any atom is -0.461 e. The first-order chi connectivity index (χ1) is 7.81. The first-order valence-corrected chi connectivity index (χ1v) is 4.74. The molecule has 0 bridgehead atoms. The maximum atomic E-state index is 11.4. The van der Waals surface area contributed by atoms with E-state index >= 15 is 0 Å². The molecular weight excluding hydrogens is 212 g/mol. The summed E-state index contributed by atoms with van der Waals surface area (Å²) in [5.74, 6) is 0.456. The highest BCUT2D eigenvalue weighted by Gasteiger charge is 2.14. The fourth-order valence-corrected chi connectivity index (χ4v) is 1.11. The molecule has 2 heterocycles. The van der Waals surface area contributed by atoms with Crippen LogP contribution in [-0.2, 0) is 4.84 Å². The number of carbonyl (C=O) groups is 1. The van der Waals surface area contributed by atoms with Crippen molar-refractivity contribution < 1.29 is 18.6 Å². The lowest BCUT2D eigenvalue weighted by Gasteiger charge is -1.98. The molecule has 0 radical (unpaired) electrons. The van der Waals surface area contributed by atoms with Gasteiger partial charge in [-0.2, -0.15) is 0 Å². The molecule has 0 unspecified atom stereocenters. The van der Waals surface area contributed by atoms with Crippen LogP contribution in [0.1, 0.15) is 17.4 Å². The predicted octanol–water partition coefficient (Wildman–Crippen LogP) is 1.62. The topological polar surface area (TPSA) is 77.5 Å². The van der Waals surface area contributed by atoms with Crippen LogP contribution in [0.4, 0.5) is 0 Å². The summed E-state index contributed by atoms with van der Waals surface area (Å²) in [6, 6.07) is 4.91. The molecule has 0 saturated heterocycles. The van der Waals surface area contributed by atoms with E-state index in [0.29, 0.717) is 18.1 Å². The minimum absolute atomic E-state index is 0.139. The summed E-state index contributed by atoms with van der Waals surface area (Å²) < 4.78 is 10.0. The molecule has 1 N–H and O–H groups in total. The van der Waals surface area contributed by atoms with Crippen molar-refractivity contribution in [3.63, 3.8) is 0 Å². The zero-order valence-corrected chi connectivity index (χ0v) is 8.60. The summed E-state index contributed by atoms with van der Waals surface area (Å²) in [5.41, 5.74) is 2.35. The molecule has 6 heteroatoms. The van der Waals surface area contributed by atoms with Gasteiger partial charge in [-0.3, -0.25) is 9.63 Å². The van der Waals surface area contributed by atoms with E-state index in [4.69, 9.17) is 13.8 Å². The second kappa shape index (κ2) is 4.63. The lowest BCUT2D eigenvalue weighted by Crippen LogP contribution is -2.23. The number of aromatic nitrogens is 1. The van der Waals surface area contributed by atoms with Crippen LogP contribution in [0.5, 0.6) is 0 Å². The Labute approximate surface area is 91.1 Å². The number of rotatable bonds is 4. The van der Waals surface area contributed by atoms with Crippen molar-refractivity contribution in [3.05, 3.63) is 30.2 Å². The van der Waals surface area contributed by atoms with Crippen molar-refractivity contribution in [2.75, 3.05) is 6.61 Å². The second-order valence-electron chi connectivity index (χ2n) is 2.92. The van der Waals surface area contributed by atoms with Crippen LogP contribution in [0.25, 0.3) is 11.5 Å². The third-order valence-electron chi connectivity index (χ3n) is 1.82. The highest BCUT2D eigenvalue weighted by atomic mass is 16.6. The van der Waals surface area contributed by atoms with Crippen LogP contribution in [0.15, 0.2) is 33.4 Å². The summed E-state index contributed by atoms with van der Waals surface area (Å²) in [5, 5.41) is 3.60. The Hall–Kier alpha value is -2.08. The van der Waals surface area contributed by atoms with E-state index in [1.807, 2.05) is 0 Å². The third-order valence-corrected chi connectivity index (χ3v) is 1.82. The van der Waals surface area contributed by atoms with Gasteiger partial charge in [0.05, 0.1) is 12.9 Å². The summed E-state index contributed by atoms with van der Waals surface area (Å²) in [7, 11) is 0. The van der Waals surface area contributed by atoms with E-state index in [9.17, 15) is 4.79 Å². The van der Waals surface area contributed by atoms with Gasteiger partial charge in [-0.15, -0.1) is 0 Å². The monoisotopic (exact) mass is 222 g/mol. The summed E-state index contributed by atoms with van der Waals surface area (Å²) in [6.07, 6.45) is 1.51. The van der Waals surface area contributed by atoms with Gasteiger partial charge in [-0.25, -0.2) is 5.48 Å². The van der Waals surface area contributed by atoms with Crippen LogP contribution in [0.3, 0.4) is 0 Å². The Morgan fingerprint density at radius 1 is 1.56 bits per heavy atom. The molecule has 0 aliphatic rings. The zero-order valence-electron chi connectivity index (χ0n) is 8.60. The van der Waals surface area contributed by atoms with Gasteiger partial charge >= 0.3 is 0 Å². The number of hydrogen-bond donors (Lipinski definition) is 1. The Bertz CT molecular complexity index is 461. The van der Waals surface area contributed by atoms with E-state index in [1.54, 1.807) is 19.1 Å². The number of nitrogens with zero attached hydrogens (tertiary/aromatic N) is 1. The largest absolute Gasteiger partial charge is 0.461 e. The molecular formula is C10H10N2O4. The number of hydroxylamine groups is 1. The van der Waals surface area contributed by atoms with Gasteiger partial charge in [0.25, 0.3) is 5.91 Å². The lowest BCUT2D eigenvalue weighted by molar-refractivity contribution is 0.0357. The number of amides is 1. The van der Waals surface area contributed by atoms with E-state index < -0.39 is 5.91 Å². The molecule has 0 fully saturated rings. The Balaban J connectivity index is 2.11. The Kier molecular flexibility index (Phi) is 3.02. The SMILES string of the molecule is CCONC(=O)c1cc(-c2ccco2)on1. The van der Waals surface area contributed by atoms with Gasteiger partial charge in [-0.1, -0.05) is 5.16 Å². The molecule has 0 spiro atoms. The molecule has 0 aromatic carbocycles. The molecule has 2 aromatic rings. The molecule has 1 amide bonds. The van der Waals surface area contributed by atoms with Crippen LogP contribution >= 0.6 is 0 Å². The quantitative estimate of drug-likeness (QED) is 0.795. The van der Waals surface area contributed by atoms with Gasteiger partial charge in [0, 0.05) is 6.07 Å². The zero-order chi connectivity index (χ0) is 11.4. The fraction of sp³-hybridized carbons (Fsp3) is 0.200. The second-order valence-corrected chi connectivity index (χ2v) is 2.92. The van der Waals surface area contributed by atoms with Gasteiger partial charge in [0.1, 0.15) is 0 Å². The maximum Gasteiger partial charge on any atom is 0.297 e. The van der Waals surface area contributed by atoms with Gasteiger partial charge in [0.2, 0.25) is 5.76 Å². The molecule has 6 nitrogen and oxygen atoms in total. The van der Waals surface area contributed by atoms with E-state index in [1.165, 1.54) is 12.3 Å². The molecule has 0 saturated carbocycles. The van der Waals surface area contributed by atoms with Gasteiger partial charge in [0.15, 0.2) is 11.5 Å².